The van der Waals surface area contributed by atoms with E-state index < -0.39 is 0 Å². The molecule has 0 aromatic heterocycles. The van der Waals surface area contributed by atoms with Crippen LogP contribution in [0.2, 0.25) is 0 Å². The van der Waals surface area contributed by atoms with Gasteiger partial charge >= 0.3 is 0 Å². The van der Waals surface area contributed by atoms with E-state index in [0.717, 1.165) is 51.6 Å². The van der Waals surface area contributed by atoms with E-state index in [-0.39, 0.29) is 5.91 Å². The molecule has 2 aliphatic heterocycles. The highest BCUT2D eigenvalue weighted by atomic mass is 16.2. The summed E-state index contributed by atoms with van der Waals surface area (Å²) in [4.78, 5) is 16.6. The fourth-order valence-electron chi connectivity index (χ4n) is 2.96. The molecule has 0 unspecified atom stereocenters. The number of likely N-dealkylation sites (tertiary alicyclic amines) is 1. The van der Waals surface area contributed by atoms with E-state index >= 15 is 0 Å². The molecule has 0 aromatic carbocycles. The fourth-order valence-corrected chi connectivity index (χ4v) is 2.96. The van der Waals surface area contributed by atoms with Crippen molar-refractivity contribution in [3.63, 3.8) is 0 Å². The smallest absolute Gasteiger partial charge is 0.234 e. The van der Waals surface area contributed by atoms with Crippen LogP contribution in [0.25, 0.3) is 0 Å². The van der Waals surface area contributed by atoms with Gasteiger partial charge in [0.15, 0.2) is 0 Å². The lowest BCUT2D eigenvalue weighted by molar-refractivity contribution is -0.122. The Labute approximate surface area is 123 Å². The Morgan fingerprint density at radius 1 is 1.15 bits per heavy atom. The molecule has 5 nitrogen and oxygen atoms in total. The molecule has 20 heavy (non-hydrogen) atoms. The fraction of sp³-hybridized carbons (Fsp3) is 0.933. The monoisotopic (exact) mass is 282 g/mol. The van der Waals surface area contributed by atoms with Crippen LogP contribution in [-0.2, 0) is 4.79 Å². The number of carbonyl (C=O) groups is 1. The van der Waals surface area contributed by atoms with Crippen molar-refractivity contribution < 1.29 is 4.79 Å². The van der Waals surface area contributed by atoms with Crippen molar-refractivity contribution in [2.75, 3.05) is 58.9 Å². The average molecular weight is 282 g/mol. The molecule has 0 aliphatic carbocycles. The number of hydrogen-bond donors (Lipinski definition) is 2. The third-order valence-corrected chi connectivity index (χ3v) is 4.43. The second-order valence-electron chi connectivity index (χ2n) is 6.25. The van der Waals surface area contributed by atoms with Crippen LogP contribution in [0.15, 0.2) is 0 Å². The largest absolute Gasteiger partial charge is 0.354 e. The molecule has 5 heteroatoms. The summed E-state index contributed by atoms with van der Waals surface area (Å²) in [5.74, 6) is 1.05. The van der Waals surface area contributed by atoms with E-state index in [0.29, 0.717) is 6.54 Å². The van der Waals surface area contributed by atoms with Crippen molar-refractivity contribution in [3.05, 3.63) is 0 Å². The standard InChI is InChI=1S/C15H30N4O/c1-14-3-9-18(10-4-14)12-7-17-15(20)13-19-8-2-5-16-6-11-19/h14,16H,2-13H2,1H3,(H,17,20). The number of piperidine rings is 1. The lowest BCUT2D eigenvalue weighted by Crippen LogP contribution is -2.43. The van der Waals surface area contributed by atoms with E-state index in [9.17, 15) is 4.79 Å². The first-order valence-corrected chi connectivity index (χ1v) is 8.16. The molecule has 2 heterocycles. The van der Waals surface area contributed by atoms with Crippen LogP contribution in [0.3, 0.4) is 0 Å². The maximum absolute atomic E-state index is 11.9. The van der Waals surface area contributed by atoms with Gasteiger partial charge in [-0.05, 0) is 51.4 Å². The molecule has 0 saturated carbocycles. The van der Waals surface area contributed by atoms with E-state index in [4.69, 9.17) is 0 Å². The Hall–Kier alpha value is -0.650. The number of nitrogens with one attached hydrogen (secondary N) is 2. The first-order valence-electron chi connectivity index (χ1n) is 8.16. The van der Waals surface area contributed by atoms with E-state index in [1.165, 1.54) is 25.9 Å². The Bertz CT molecular complexity index is 282. The van der Waals surface area contributed by atoms with Gasteiger partial charge in [0.2, 0.25) is 5.91 Å². The topological polar surface area (TPSA) is 47.6 Å². The van der Waals surface area contributed by atoms with Crippen LogP contribution in [-0.4, -0.2) is 74.6 Å². The number of rotatable bonds is 5. The maximum Gasteiger partial charge on any atom is 0.234 e. The number of carbonyl (C=O) groups excluding carboxylic acids is 1. The highest BCUT2D eigenvalue weighted by molar-refractivity contribution is 5.77. The van der Waals surface area contributed by atoms with Crippen LogP contribution in [0.1, 0.15) is 26.2 Å². The molecule has 0 atom stereocenters. The molecule has 0 aromatic rings. The zero-order valence-corrected chi connectivity index (χ0v) is 12.9. The first-order chi connectivity index (χ1) is 9.74. The van der Waals surface area contributed by atoms with Crippen molar-refractivity contribution in [2.45, 2.75) is 26.2 Å². The summed E-state index contributed by atoms with van der Waals surface area (Å²) >= 11 is 0. The van der Waals surface area contributed by atoms with Gasteiger partial charge in [-0.25, -0.2) is 0 Å². The zero-order chi connectivity index (χ0) is 14.2. The number of nitrogens with zero attached hydrogens (tertiary/aromatic N) is 2. The minimum absolute atomic E-state index is 0.178. The summed E-state index contributed by atoms with van der Waals surface area (Å²) < 4.78 is 0. The highest BCUT2D eigenvalue weighted by Crippen LogP contribution is 2.14. The molecule has 2 aliphatic rings. The molecule has 2 saturated heterocycles. The molecule has 116 valence electrons. The van der Waals surface area contributed by atoms with Gasteiger partial charge in [-0.3, -0.25) is 9.69 Å². The van der Waals surface area contributed by atoms with Crippen molar-refractivity contribution in [3.8, 4) is 0 Å². The minimum atomic E-state index is 0.178. The summed E-state index contributed by atoms with van der Waals surface area (Å²) in [5, 5.41) is 6.43. The molecule has 0 radical (unpaired) electrons. The minimum Gasteiger partial charge on any atom is -0.354 e. The van der Waals surface area contributed by atoms with Gasteiger partial charge in [-0.15, -0.1) is 0 Å². The Morgan fingerprint density at radius 2 is 1.95 bits per heavy atom. The number of amides is 1. The quantitative estimate of drug-likeness (QED) is 0.752. The summed E-state index contributed by atoms with van der Waals surface area (Å²) in [6.07, 6.45) is 3.74. The third kappa shape index (κ3) is 5.77. The molecule has 2 rings (SSSR count). The van der Waals surface area contributed by atoms with E-state index in [2.05, 4.69) is 27.4 Å². The van der Waals surface area contributed by atoms with Crippen molar-refractivity contribution >= 4 is 5.91 Å². The predicted molar refractivity (Wildman–Crippen MR) is 81.8 cm³/mol. The lowest BCUT2D eigenvalue weighted by Gasteiger charge is -2.30. The molecule has 2 N–H and O–H groups in total. The van der Waals surface area contributed by atoms with E-state index in [1.54, 1.807) is 0 Å². The van der Waals surface area contributed by atoms with Crippen LogP contribution < -0.4 is 10.6 Å². The van der Waals surface area contributed by atoms with Crippen molar-refractivity contribution in [1.29, 1.82) is 0 Å². The van der Waals surface area contributed by atoms with Gasteiger partial charge in [-0.1, -0.05) is 6.92 Å². The molecular weight excluding hydrogens is 252 g/mol. The molecule has 0 spiro atoms. The van der Waals surface area contributed by atoms with Gasteiger partial charge in [0.05, 0.1) is 6.54 Å². The summed E-state index contributed by atoms with van der Waals surface area (Å²) in [5.41, 5.74) is 0. The summed E-state index contributed by atoms with van der Waals surface area (Å²) in [6.45, 7) is 11.1. The Balaban J connectivity index is 1.55. The van der Waals surface area contributed by atoms with Gasteiger partial charge in [0.25, 0.3) is 0 Å². The second-order valence-corrected chi connectivity index (χ2v) is 6.25. The first kappa shape index (κ1) is 15.7. The second kappa shape index (κ2) is 8.60. The zero-order valence-electron chi connectivity index (χ0n) is 12.9. The maximum atomic E-state index is 11.9. The van der Waals surface area contributed by atoms with Crippen LogP contribution in [0.5, 0.6) is 0 Å². The lowest BCUT2D eigenvalue weighted by atomic mass is 9.99. The van der Waals surface area contributed by atoms with Crippen LogP contribution >= 0.6 is 0 Å². The molecule has 2 fully saturated rings. The van der Waals surface area contributed by atoms with Crippen LogP contribution in [0.4, 0.5) is 0 Å². The SMILES string of the molecule is CC1CCN(CCNC(=O)CN2CCCNCC2)CC1. The third-order valence-electron chi connectivity index (χ3n) is 4.43. The Morgan fingerprint density at radius 3 is 2.75 bits per heavy atom. The van der Waals surface area contributed by atoms with E-state index in [1.807, 2.05) is 0 Å². The van der Waals surface area contributed by atoms with Gasteiger partial charge in [0, 0.05) is 26.2 Å². The summed E-state index contributed by atoms with van der Waals surface area (Å²) in [7, 11) is 0. The molecular formula is C15H30N4O. The Kier molecular flexibility index (Phi) is 6.76. The molecule has 1 amide bonds. The predicted octanol–water partition coefficient (Wildman–Crippen LogP) is 0.130. The normalized spacial score (nSPS) is 23.4. The highest BCUT2D eigenvalue weighted by Gasteiger charge is 2.16. The van der Waals surface area contributed by atoms with Gasteiger partial charge < -0.3 is 15.5 Å². The summed E-state index contributed by atoms with van der Waals surface area (Å²) in [6, 6.07) is 0. The van der Waals surface area contributed by atoms with Crippen molar-refractivity contribution in [2.24, 2.45) is 5.92 Å². The number of hydrogen-bond acceptors (Lipinski definition) is 4. The van der Waals surface area contributed by atoms with Crippen LogP contribution in [0, 0.1) is 5.92 Å². The van der Waals surface area contributed by atoms with Gasteiger partial charge in [-0.2, -0.15) is 0 Å². The molecule has 0 bridgehead atoms. The van der Waals surface area contributed by atoms with Gasteiger partial charge in [0.1, 0.15) is 0 Å². The average Bonchev–Trinajstić information content (AvgIpc) is 2.70. The van der Waals surface area contributed by atoms with Crippen molar-refractivity contribution in [1.82, 2.24) is 20.4 Å².